The molecule has 2 rings (SSSR count). The van der Waals surface area contributed by atoms with Crippen LogP contribution in [0.4, 0.5) is 0 Å². The van der Waals surface area contributed by atoms with Crippen molar-refractivity contribution >= 4 is 21.5 Å². The van der Waals surface area contributed by atoms with Crippen molar-refractivity contribution in [3.63, 3.8) is 0 Å². The fraction of sp³-hybridized carbons (Fsp3) is 0.125. The molecule has 0 unspecified atom stereocenters. The summed E-state index contributed by atoms with van der Waals surface area (Å²) in [5, 5.41) is 0. The molecule has 17 heavy (non-hydrogen) atoms. The Morgan fingerprint density at radius 3 is 2.65 bits per heavy atom. The molecule has 0 aromatic heterocycles. The van der Waals surface area contributed by atoms with Gasteiger partial charge in [-0.2, -0.15) is 0 Å². The Balaban J connectivity index is 2.40. The molecule has 86 valence electrons. The van der Waals surface area contributed by atoms with Crippen molar-refractivity contribution in [1.29, 1.82) is 0 Å². The van der Waals surface area contributed by atoms with E-state index in [0.717, 1.165) is 15.6 Å². The SMILES string of the molecule is [2H]c1c([2H])c([2H])c(C/C=C(\C)c2ccccc2Br)c([2H])c1[2H]. The first-order valence-electron chi connectivity index (χ1n) is 7.82. The second-order valence-electron chi connectivity index (χ2n) is 3.67. The Labute approximate surface area is 118 Å². The molecule has 0 aliphatic heterocycles. The highest BCUT2D eigenvalue weighted by atomic mass is 79.9. The van der Waals surface area contributed by atoms with Gasteiger partial charge in [-0.05, 0) is 36.1 Å². The first kappa shape index (κ1) is 7.17. The number of hydrogen-bond donors (Lipinski definition) is 0. The number of allylic oxidation sites excluding steroid dienone is 2. The first-order valence-corrected chi connectivity index (χ1v) is 6.11. The van der Waals surface area contributed by atoms with Crippen LogP contribution in [0.25, 0.3) is 5.57 Å². The van der Waals surface area contributed by atoms with Gasteiger partial charge in [0.05, 0.1) is 6.85 Å². The fourth-order valence-electron chi connectivity index (χ4n) is 1.52. The van der Waals surface area contributed by atoms with E-state index in [9.17, 15) is 0 Å². The molecule has 0 N–H and O–H groups in total. The molecule has 0 amide bonds. The van der Waals surface area contributed by atoms with Gasteiger partial charge < -0.3 is 0 Å². The lowest BCUT2D eigenvalue weighted by molar-refractivity contribution is 1.26. The largest absolute Gasteiger partial charge is 0.0766 e. The van der Waals surface area contributed by atoms with Gasteiger partial charge in [0.2, 0.25) is 0 Å². The van der Waals surface area contributed by atoms with Crippen LogP contribution in [0.5, 0.6) is 0 Å². The minimum atomic E-state index is -0.356. The van der Waals surface area contributed by atoms with E-state index in [1.165, 1.54) is 0 Å². The van der Waals surface area contributed by atoms with Crippen LogP contribution in [-0.2, 0) is 6.42 Å². The van der Waals surface area contributed by atoms with Gasteiger partial charge in [0.1, 0.15) is 0 Å². The third-order valence-corrected chi connectivity index (χ3v) is 3.15. The summed E-state index contributed by atoms with van der Waals surface area (Å²) in [5.74, 6) is 0. The molecule has 0 fully saturated rings. The number of benzene rings is 2. The van der Waals surface area contributed by atoms with Crippen molar-refractivity contribution in [2.24, 2.45) is 0 Å². The van der Waals surface area contributed by atoms with Crippen LogP contribution in [-0.4, -0.2) is 0 Å². The molecule has 0 aliphatic rings. The van der Waals surface area contributed by atoms with Crippen LogP contribution in [0.2, 0.25) is 0 Å². The first-order chi connectivity index (χ1) is 10.3. The van der Waals surface area contributed by atoms with Gasteiger partial charge >= 0.3 is 0 Å². The molecule has 0 heterocycles. The maximum Gasteiger partial charge on any atom is 0.0626 e. The molecular formula is C16H15Br. The summed E-state index contributed by atoms with van der Waals surface area (Å²) >= 11 is 3.49. The Morgan fingerprint density at radius 2 is 1.94 bits per heavy atom. The smallest absolute Gasteiger partial charge is 0.0626 e. The van der Waals surface area contributed by atoms with E-state index in [4.69, 9.17) is 6.85 Å². The highest BCUT2D eigenvalue weighted by Crippen LogP contribution is 2.23. The zero-order valence-corrected chi connectivity index (χ0v) is 11.1. The predicted octanol–water partition coefficient (Wildman–Crippen LogP) is 5.10. The van der Waals surface area contributed by atoms with Gasteiger partial charge in [-0.1, -0.05) is 70.4 Å². The van der Waals surface area contributed by atoms with Gasteiger partial charge in [0, 0.05) is 4.47 Å². The Bertz CT molecular complexity index is 723. The highest BCUT2D eigenvalue weighted by molar-refractivity contribution is 9.10. The van der Waals surface area contributed by atoms with E-state index in [2.05, 4.69) is 15.9 Å². The highest BCUT2D eigenvalue weighted by Gasteiger charge is 1.99. The summed E-state index contributed by atoms with van der Waals surface area (Å²) in [6.45, 7) is 1.94. The second kappa shape index (κ2) is 5.83. The van der Waals surface area contributed by atoms with Crippen molar-refractivity contribution < 1.29 is 6.85 Å². The lowest BCUT2D eigenvalue weighted by Gasteiger charge is -2.04. The normalized spacial score (nSPS) is 15.6. The Hall–Kier alpha value is -1.34. The molecule has 2 aromatic carbocycles. The van der Waals surface area contributed by atoms with Gasteiger partial charge in [-0.15, -0.1) is 0 Å². The minimum absolute atomic E-state index is 0.137. The zero-order valence-electron chi connectivity index (χ0n) is 14.5. The molecule has 0 atom stereocenters. The third kappa shape index (κ3) is 3.31. The molecule has 0 radical (unpaired) electrons. The van der Waals surface area contributed by atoms with Crippen LogP contribution in [0.3, 0.4) is 0 Å². The molecule has 0 nitrogen and oxygen atoms in total. The van der Waals surface area contributed by atoms with E-state index in [1.54, 1.807) is 0 Å². The summed E-state index contributed by atoms with van der Waals surface area (Å²) in [5.41, 5.74) is 2.33. The van der Waals surface area contributed by atoms with E-state index in [0.29, 0.717) is 12.0 Å². The van der Waals surface area contributed by atoms with Crippen LogP contribution < -0.4 is 0 Å². The fourth-order valence-corrected chi connectivity index (χ4v) is 2.12. The van der Waals surface area contributed by atoms with Crippen LogP contribution in [0, 0.1) is 0 Å². The minimum Gasteiger partial charge on any atom is -0.0766 e. The molecule has 1 heteroatoms. The topological polar surface area (TPSA) is 0 Å². The van der Waals surface area contributed by atoms with Crippen molar-refractivity contribution in [1.82, 2.24) is 0 Å². The summed E-state index contributed by atoms with van der Waals surface area (Å²) in [4.78, 5) is 0. The Kier molecular flexibility index (Phi) is 2.46. The van der Waals surface area contributed by atoms with E-state index < -0.39 is 0 Å². The van der Waals surface area contributed by atoms with Crippen molar-refractivity contribution in [2.45, 2.75) is 13.3 Å². The van der Waals surface area contributed by atoms with Crippen molar-refractivity contribution in [2.75, 3.05) is 0 Å². The van der Waals surface area contributed by atoms with Gasteiger partial charge in [0.25, 0.3) is 0 Å². The predicted molar refractivity (Wildman–Crippen MR) is 77.9 cm³/mol. The summed E-state index contributed by atoms with van der Waals surface area (Å²) in [7, 11) is 0. The van der Waals surface area contributed by atoms with E-state index in [-0.39, 0.29) is 30.2 Å². The lowest BCUT2D eigenvalue weighted by Crippen LogP contribution is -1.84. The molecule has 0 bridgehead atoms. The number of halogens is 1. The molecule has 0 saturated carbocycles. The molecule has 2 aromatic rings. The van der Waals surface area contributed by atoms with Crippen LogP contribution in [0.1, 0.15) is 24.9 Å². The standard InChI is InChI=1S/C16H15Br/c1-13(15-9-5-6-10-16(15)17)11-12-14-7-3-2-4-8-14/h2-11H,12H2,1H3/b13-11+/i2D,3D,4D,7D,8D. The number of hydrogen-bond acceptors (Lipinski definition) is 0. The maximum absolute atomic E-state index is 7.92. The maximum atomic E-state index is 7.92. The van der Waals surface area contributed by atoms with Gasteiger partial charge in [0.15, 0.2) is 0 Å². The molecule has 0 aliphatic carbocycles. The van der Waals surface area contributed by atoms with Crippen LogP contribution in [0.15, 0.2) is 65.0 Å². The molecular weight excluding hydrogens is 272 g/mol. The average Bonchev–Trinajstić information content (AvgIpc) is 2.51. The van der Waals surface area contributed by atoms with Gasteiger partial charge in [-0.25, -0.2) is 0 Å². The van der Waals surface area contributed by atoms with Crippen LogP contribution >= 0.6 is 15.9 Å². The summed E-state index contributed by atoms with van der Waals surface area (Å²) < 4.78 is 39.8. The second-order valence-corrected chi connectivity index (χ2v) is 4.53. The van der Waals surface area contributed by atoms with Crippen molar-refractivity contribution in [3.8, 4) is 0 Å². The van der Waals surface area contributed by atoms with E-state index in [1.807, 2.05) is 37.3 Å². The zero-order chi connectivity index (χ0) is 16.4. The van der Waals surface area contributed by atoms with Crippen molar-refractivity contribution in [3.05, 3.63) is 76.2 Å². The molecule has 0 spiro atoms. The lowest BCUT2D eigenvalue weighted by atomic mass is 10.0. The average molecular weight is 292 g/mol. The summed E-state index contributed by atoms with van der Waals surface area (Å²) in [6, 6.07) is 6.56. The number of rotatable bonds is 3. The van der Waals surface area contributed by atoms with Gasteiger partial charge in [-0.3, -0.25) is 0 Å². The molecule has 0 saturated heterocycles. The summed E-state index contributed by atoms with van der Waals surface area (Å²) in [6.07, 6.45) is 2.18. The third-order valence-electron chi connectivity index (χ3n) is 2.46. The quantitative estimate of drug-likeness (QED) is 0.738. The monoisotopic (exact) mass is 291 g/mol. The Morgan fingerprint density at radius 1 is 1.24 bits per heavy atom. The van der Waals surface area contributed by atoms with E-state index >= 15 is 0 Å².